The van der Waals surface area contributed by atoms with Gasteiger partial charge in [-0.3, -0.25) is 0 Å². The van der Waals surface area contributed by atoms with E-state index < -0.39 is 0 Å². The van der Waals surface area contributed by atoms with E-state index in [0.717, 1.165) is 21.5 Å². The summed E-state index contributed by atoms with van der Waals surface area (Å²) in [6.45, 7) is 14.9. The molecule has 0 radical (unpaired) electrons. The van der Waals surface area contributed by atoms with Gasteiger partial charge in [0.1, 0.15) is 0 Å². The Kier molecular flexibility index (Phi) is 8.14. The molecule has 3 aromatic rings. The summed E-state index contributed by atoms with van der Waals surface area (Å²) < 4.78 is 35.9. The summed E-state index contributed by atoms with van der Waals surface area (Å²) in [5.74, 6) is 4.13. The zero-order valence-corrected chi connectivity index (χ0v) is 20.0. The fraction of sp³-hybridized carbons (Fsp3) is 0.462. The van der Waals surface area contributed by atoms with E-state index in [2.05, 4.69) is 0 Å². The van der Waals surface area contributed by atoms with Gasteiger partial charge >= 0.3 is 0 Å². The third-order valence-corrected chi connectivity index (χ3v) is 4.93. The quantitative estimate of drug-likeness (QED) is 0.303. The van der Waals surface area contributed by atoms with Crippen LogP contribution >= 0.6 is 0 Å². The number of fused-ring (bicyclic) bond motifs is 3. The van der Waals surface area contributed by atoms with Crippen LogP contribution in [-0.2, 0) is 0 Å². The predicted octanol–water partition coefficient (Wildman–Crippen LogP) is 6.39. The van der Waals surface area contributed by atoms with Crippen LogP contribution in [-0.4, -0.2) is 39.6 Å². The topological polar surface area (TPSA) is 55.4 Å². The molecule has 0 aliphatic rings. The number of hydrogen-bond acceptors (Lipinski definition) is 6. The first-order chi connectivity index (χ1) is 15.6. The molecular formula is C26H34O6. The van der Waals surface area contributed by atoms with Crippen LogP contribution < -0.4 is 28.4 Å². The summed E-state index contributed by atoms with van der Waals surface area (Å²) in [6, 6.07) is 7.99. The molecule has 0 aliphatic heterocycles. The second kappa shape index (κ2) is 11.0. The van der Waals surface area contributed by atoms with Crippen LogP contribution in [0.15, 0.2) is 24.3 Å². The Morgan fingerprint density at radius 3 is 0.875 bits per heavy atom. The van der Waals surface area contributed by atoms with Crippen LogP contribution in [0.4, 0.5) is 0 Å². The van der Waals surface area contributed by atoms with Gasteiger partial charge in [-0.2, -0.15) is 0 Å². The Bertz CT molecular complexity index is 975. The summed E-state index contributed by atoms with van der Waals surface area (Å²) >= 11 is 0. The second-order valence-electron chi connectivity index (χ2n) is 6.95. The summed E-state index contributed by atoms with van der Waals surface area (Å²) in [4.78, 5) is 0. The van der Waals surface area contributed by atoms with Gasteiger partial charge < -0.3 is 28.4 Å². The van der Waals surface area contributed by atoms with Gasteiger partial charge in [0.2, 0.25) is 0 Å². The van der Waals surface area contributed by atoms with Crippen molar-refractivity contribution in [1.82, 2.24) is 0 Å². The minimum atomic E-state index is 0.507. The Morgan fingerprint density at radius 1 is 0.375 bits per heavy atom. The van der Waals surface area contributed by atoms with Crippen LogP contribution in [0.5, 0.6) is 34.5 Å². The molecule has 0 fully saturated rings. The minimum absolute atomic E-state index is 0.507. The summed E-state index contributed by atoms with van der Waals surface area (Å²) in [7, 11) is 0. The van der Waals surface area contributed by atoms with E-state index in [1.165, 1.54) is 0 Å². The highest BCUT2D eigenvalue weighted by Crippen LogP contribution is 2.49. The summed E-state index contributed by atoms with van der Waals surface area (Å²) in [5, 5.41) is 3.76. The number of rotatable bonds is 12. The Morgan fingerprint density at radius 2 is 0.625 bits per heavy atom. The van der Waals surface area contributed by atoms with Crippen molar-refractivity contribution in [2.45, 2.75) is 41.5 Å². The SMILES string of the molecule is CCOc1cc2c(OCC)c(OCC)c3cc(OCC)c(OCC)cc3c2cc1OCC. The van der Waals surface area contributed by atoms with Crippen molar-refractivity contribution < 1.29 is 28.4 Å². The average Bonchev–Trinajstić information content (AvgIpc) is 2.78. The van der Waals surface area contributed by atoms with Crippen molar-refractivity contribution in [2.24, 2.45) is 0 Å². The zero-order valence-electron chi connectivity index (χ0n) is 20.0. The molecule has 6 nitrogen and oxygen atoms in total. The molecule has 0 aliphatic carbocycles. The fourth-order valence-electron chi connectivity index (χ4n) is 3.83. The Hall–Kier alpha value is -3.02. The fourth-order valence-corrected chi connectivity index (χ4v) is 3.83. The van der Waals surface area contributed by atoms with Crippen LogP contribution in [0.25, 0.3) is 21.5 Å². The smallest absolute Gasteiger partial charge is 0.169 e. The van der Waals surface area contributed by atoms with Crippen molar-refractivity contribution in [1.29, 1.82) is 0 Å². The molecule has 0 unspecified atom stereocenters. The van der Waals surface area contributed by atoms with E-state index in [-0.39, 0.29) is 0 Å². The van der Waals surface area contributed by atoms with E-state index in [4.69, 9.17) is 28.4 Å². The lowest BCUT2D eigenvalue weighted by Crippen LogP contribution is -2.04. The largest absolute Gasteiger partial charge is 0.490 e. The van der Waals surface area contributed by atoms with Gasteiger partial charge in [0.05, 0.1) is 39.6 Å². The molecule has 0 aromatic heterocycles. The molecule has 0 atom stereocenters. The molecule has 0 saturated carbocycles. The van der Waals surface area contributed by atoms with Gasteiger partial charge in [0.25, 0.3) is 0 Å². The summed E-state index contributed by atoms with van der Waals surface area (Å²) in [5.41, 5.74) is 0. The van der Waals surface area contributed by atoms with Crippen LogP contribution in [0.3, 0.4) is 0 Å². The lowest BCUT2D eigenvalue weighted by Gasteiger charge is -2.21. The monoisotopic (exact) mass is 442 g/mol. The highest BCUT2D eigenvalue weighted by molar-refractivity contribution is 6.15. The van der Waals surface area contributed by atoms with E-state index in [0.29, 0.717) is 74.1 Å². The lowest BCUT2D eigenvalue weighted by atomic mass is 9.98. The normalized spacial score (nSPS) is 10.9. The third kappa shape index (κ3) is 4.59. The molecule has 0 bridgehead atoms. The molecule has 174 valence electrons. The molecular weight excluding hydrogens is 408 g/mol. The van der Waals surface area contributed by atoms with Crippen molar-refractivity contribution >= 4 is 21.5 Å². The van der Waals surface area contributed by atoms with Crippen molar-refractivity contribution in [3.8, 4) is 34.5 Å². The van der Waals surface area contributed by atoms with Gasteiger partial charge in [-0.25, -0.2) is 0 Å². The first-order valence-electron chi connectivity index (χ1n) is 11.5. The van der Waals surface area contributed by atoms with Crippen LogP contribution in [0.2, 0.25) is 0 Å². The maximum Gasteiger partial charge on any atom is 0.169 e. The third-order valence-electron chi connectivity index (χ3n) is 4.93. The van der Waals surface area contributed by atoms with Crippen molar-refractivity contribution in [2.75, 3.05) is 39.6 Å². The van der Waals surface area contributed by atoms with E-state index in [9.17, 15) is 0 Å². The van der Waals surface area contributed by atoms with Crippen molar-refractivity contribution in [3.05, 3.63) is 24.3 Å². The minimum Gasteiger partial charge on any atom is -0.490 e. The highest BCUT2D eigenvalue weighted by atomic mass is 16.5. The van der Waals surface area contributed by atoms with Crippen LogP contribution in [0.1, 0.15) is 41.5 Å². The van der Waals surface area contributed by atoms with Gasteiger partial charge in [-0.1, -0.05) is 0 Å². The predicted molar refractivity (Wildman–Crippen MR) is 128 cm³/mol. The molecule has 3 rings (SSSR count). The van der Waals surface area contributed by atoms with E-state index in [1.54, 1.807) is 0 Å². The average molecular weight is 443 g/mol. The lowest BCUT2D eigenvalue weighted by molar-refractivity contribution is 0.285. The van der Waals surface area contributed by atoms with Gasteiger partial charge in [0, 0.05) is 10.8 Å². The number of ether oxygens (including phenoxy) is 6. The highest BCUT2D eigenvalue weighted by Gasteiger charge is 2.22. The number of hydrogen-bond donors (Lipinski definition) is 0. The summed E-state index contributed by atoms with van der Waals surface area (Å²) in [6.07, 6.45) is 0. The van der Waals surface area contributed by atoms with Gasteiger partial charge in [-0.05, 0) is 76.6 Å². The zero-order chi connectivity index (χ0) is 23.1. The van der Waals surface area contributed by atoms with Crippen LogP contribution in [0, 0.1) is 0 Å². The molecule has 3 aromatic carbocycles. The molecule has 0 heterocycles. The molecule has 6 heteroatoms. The van der Waals surface area contributed by atoms with Crippen molar-refractivity contribution in [3.63, 3.8) is 0 Å². The Balaban J connectivity index is 2.48. The molecule has 0 amide bonds. The molecule has 32 heavy (non-hydrogen) atoms. The molecule has 0 N–H and O–H groups in total. The molecule has 0 saturated heterocycles. The van der Waals surface area contributed by atoms with E-state index >= 15 is 0 Å². The maximum atomic E-state index is 6.13. The number of benzene rings is 3. The molecule has 0 spiro atoms. The van der Waals surface area contributed by atoms with Gasteiger partial charge in [-0.15, -0.1) is 0 Å². The van der Waals surface area contributed by atoms with Gasteiger partial charge in [0.15, 0.2) is 34.5 Å². The first-order valence-corrected chi connectivity index (χ1v) is 11.5. The van der Waals surface area contributed by atoms with E-state index in [1.807, 2.05) is 65.8 Å². The standard InChI is InChI=1S/C26H34O6/c1-7-27-21-13-17-18-14-22(28-8-2)24(30-10-4)16-20(18)26(32-12-6)25(31-11-5)19(17)15-23(21)29-9-3/h13-16H,7-12H2,1-6H3. The second-order valence-corrected chi connectivity index (χ2v) is 6.95. The Labute approximate surface area is 190 Å². The first kappa shape index (κ1) is 23.6. The maximum absolute atomic E-state index is 6.13.